The first kappa shape index (κ1) is 18.7. The molecule has 0 aliphatic carbocycles. The predicted octanol–water partition coefficient (Wildman–Crippen LogP) is 3.17. The molecule has 0 aliphatic rings. The second kappa shape index (κ2) is 8.51. The van der Waals surface area contributed by atoms with Crippen LogP contribution in [-0.2, 0) is 13.2 Å². The maximum atomic E-state index is 6.06. The Morgan fingerprint density at radius 2 is 1.92 bits per heavy atom. The average molecular weight is 392 g/mol. The number of pyridine rings is 1. The Morgan fingerprint density at radius 1 is 1.15 bits per heavy atom. The lowest BCUT2D eigenvalue weighted by Gasteiger charge is -2.12. The number of aromatic nitrogens is 3. The molecule has 8 heteroatoms. The van der Waals surface area contributed by atoms with Crippen molar-refractivity contribution in [3.05, 3.63) is 75.9 Å². The highest BCUT2D eigenvalue weighted by molar-refractivity contribution is 6.34. The van der Waals surface area contributed by atoms with Gasteiger partial charge in [-0.15, -0.1) is 0 Å². The molecular weight excluding hydrogens is 373 g/mol. The minimum absolute atomic E-state index is 0.273. The van der Waals surface area contributed by atoms with Gasteiger partial charge in [0.1, 0.15) is 12.4 Å². The van der Waals surface area contributed by atoms with Crippen LogP contribution in [0.15, 0.2) is 48.8 Å². The second-order valence-electron chi connectivity index (χ2n) is 5.78. The third-order valence-corrected chi connectivity index (χ3v) is 4.24. The molecule has 2 heterocycles. The topological polar surface area (TPSA) is 92.0 Å². The minimum atomic E-state index is -0.312. The summed E-state index contributed by atoms with van der Waals surface area (Å²) < 4.78 is 7.74. The number of imidazole rings is 1. The summed E-state index contributed by atoms with van der Waals surface area (Å²) in [7, 11) is 0. The summed E-state index contributed by atoms with van der Waals surface area (Å²) in [5.74, 6) is 1.24. The lowest BCUT2D eigenvalue weighted by Crippen LogP contribution is -2.21. The molecule has 1 aromatic carbocycles. The molecule has 1 atom stereocenters. The molecule has 0 saturated carbocycles. The molecular formula is C18H19Cl2N5O. The third-order valence-electron chi connectivity index (χ3n) is 3.81. The molecule has 4 N–H and O–H groups in total. The molecule has 26 heavy (non-hydrogen) atoms. The van der Waals surface area contributed by atoms with Crippen molar-refractivity contribution in [2.24, 2.45) is 11.5 Å². The SMILES string of the molecule is NCC(N)c1cccc(OCc2nccn2Cc2cc(Cl)cc(Cl)c2)n1. The van der Waals surface area contributed by atoms with Crippen LogP contribution in [0.3, 0.4) is 0 Å². The Balaban J connectivity index is 1.69. The van der Waals surface area contributed by atoms with E-state index in [-0.39, 0.29) is 12.6 Å². The van der Waals surface area contributed by atoms with Crippen molar-refractivity contribution in [1.82, 2.24) is 14.5 Å². The first-order valence-corrected chi connectivity index (χ1v) is 8.81. The number of hydrogen-bond donors (Lipinski definition) is 2. The van der Waals surface area contributed by atoms with Gasteiger partial charge in [-0.2, -0.15) is 0 Å². The van der Waals surface area contributed by atoms with Crippen LogP contribution in [0.5, 0.6) is 5.88 Å². The van der Waals surface area contributed by atoms with E-state index in [2.05, 4.69) is 9.97 Å². The van der Waals surface area contributed by atoms with E-state index >= 15 is 0 Å². The van der Waals surface area contributed by atoms with Gasteiger partial charge >= 0.3 is 0 Å². The minimum Gasteiger partial charge on any atom is -0.469 e. The summed E-state index contributed by atoms with van der Waals surface area (Å²) in [5.41, 5.74) is 13.2. The molecule has 0 fully saturated rings. The maximum Gasteiger partial charge on any atom is 0.213 e. The standard InChI is InChI=1S/C18H19Cl2N5O/c19-13-6-12(7-14(20)8-13)10-25-5-4-23-17(25)11-26-18-3-1-2-16(24-18)15(22)9-21/h1-8,15H,9-11,21-22H2. The lowest BCUT2D eigenvalue weighted by molar-refractivity contribution is 0.278. The molecule has 0 bridgehead atoms. The summed E-state index contributed by atoms with van der Waals surface area (Å²) in [6, 6.07) is 10.6. The van der Waals surface area contributed by atoms with Crippen molar-refractivity contribution < 1.29 is 4.74 Å². The van der Waals surface area contributed by atoms with E-state index in [9.17, 15) is 0 Å². The molecule has 1 unspecified atom stereocenters. The van der Waals surface area contributed by atoms with Gasteiger partial charge in [-0.05, 0) is 29.8 Å². The van der Waals surface area contributed by atoms with Crippen molar-refractivity contribution in [3.63, 3.8) is 0 Å². The van der Waals surface area contributed by atoms with Gasteiger partial charge in [-0.3, -0.25) is 0 Å². The first-order valence-electron chi connectivity index (χ1n) is 8.05. The number of nitrogens with zero attached hydrogens (tertiary/aromatic N) is 3. The molecule has 3 rings (SSSR count). The Hall–Kier alpha value is -2.12. The molecule has 0 saturated heterocycles. The van der Waals surface area contributed by atoms with E-state index in [0.717, 1.165) is 11.4 Å². The van der Waals surface area contributed by atoms with E-state index in [1.165, 1.54) is 0 Å². The van der Waals surface area contributed by atoms with Crippen LogP contribution in [0.4, 0.5) is 0 Å². The molecule has 0 amide bonds. The van der Waals surface area contributed by atoms with Gasteiger partial charge < -0.3 is 20.8 Å². The van der Waals surface area contributed by atoms with Crippen LogP contribution in [0.25, 0.3) is 0 Å². The zero-order chi connectivity index (χ0) is 18.5. The van der Waals surface area contributed by atoms with Crippen LogP contribution in [-0.4, -0.2) is 21.1 Å². The van der Waals surface area contributed by atoms with Crippen LogP contribution in [0.2, 0.25) is 10.0 Å². The van der Waals surface area contributed by atoms with Crippen LogP contribution < -0.4 is 16.2 Å². The summed E-state index contributed by atoms with van der Waals surface area (Å²) in [5, 5.41) is 1.20. The van der Waals surface area contributed by atoms with Crippen LogP contribution >= 0.6 is 23.2 Å². The average Bonchev–Trinajstić information content (AvgIpc) is 3.05. The van der Waals surface area contributed by atoms with E-state index in [1.54, 1.807) is 18.3 Å². The van der Waals surface area contributed by atoms with Gasteiger partial charge in [0, 0.05) is 41.6 Å². The van der Waals surface area contributed by atoms with Crippen molar-refractivity contribution in [3.8, 4) is 5.88 Å². The van der Waals surface area contributed by atoms with Gasteiger partial charge in [0.15, 0.2) is 0 Å². The van der Waals surface area contributed by atoms with Gasteiger partial charge in [-0.1, -0.05) is 29.3 Å². The monoisotopic (exact) mass is 391 g/mol. The predicted molar refractivity (Wildman–Crippen MR) is 102 cm³/mol. The highest BCUT2D eigenvalue weighted by Gasteiger charge is 2.09. The fourth-order valence-electron chi connectivity index (χ4n) is 2.50. The maximum absolute atomic E-state index is 6.06. The van der Waals surface area contributed by atoms with E-state index in [1.807, 2.05) is 35.0 Å². The molecule has 2 aromatic heterocycles. The van der Waals surface area contributed by atoms with Crippen molar-refractivity contribution in [2.45, 2.75) is 19.2 Å². The van der Waals surface area contributed by atoms with E-state index < -0.39 is 0 Å². The number of nitrogens with two attached hydrogens (primary N) is 2. The van der Waals surface area contributed by atoms with E-state index in [4.69, 9.17) is 39.4 Å². The Kier molecular flexibility index (Phi) is 6.11. The molecule has 136 valence electrons. The smallest absolute Gasteiger partial charge is 0.213 e. The highest BCUT2D eigenvalue weighted by atomic mass is 35.5. The molecule has 6 nitrogen and oxygen atoms in total. The molecule has 0 spiro atoms. The first-order chi connectivity index (χ1) is 12.5. The molecule has 0 radical (unpaired) electrons. The Labute approximate surface area is 161 Å². The Bertz CT molecular complexity index is 863. The fourth-order valence-corrected chi connectivity index (χ4v) is 3.07. The van der Waals surface area contributed by atoms with Crippen molar-refractivity contribution in [2.75, 3.05) is 6.54 Å². The Morgan fingerprint density at radius 3 is 2.65 bits per heavy atom. The fraction of sp³-hybridized carbons (Fsp3) is 0.222. The summed E-state index contributed by atoms with van der Waals surface area (Å²) in [4.78, 5) is 8.73. The number of rotatable bonds is 7. The van der Waals surface area contributed by atoms with Gasteiger partial charge in [0.25, 0.3) is 0 Å². The quantitative estimate of drug-likeness (QED) is 0.645. The van der Waals surface area contributed by atoms with Gasteiger partial charge in [0.05, 0.1) is 11.7 Å². The van der Waals surface area contributed by atoms with Crippen LogP contribution in [0, 0.1) is 0 Å². The molecule has 0 aliphatic heterocycles. The largest absolute Gasteiger partial charge is 0.469 e. The zero-order valence-corrected chi connectivity index (χ0v) is 15.5. The normalized spacial score (nSPS) is 12.2. The lowest BCUT2D eigenvalue weighted by atomic mass is 10.2. The summed E-state index contributed by atoms with van der Waals surface area (Å²) in [6.07, 6.45) is 3.60. The van der Waals surface area contributed by atoms with Gasteiger partial charge in [0.2, 0.25) is 5.88 Å². The second-order valence-corrected chi connectivity index (χ2v) is 6.65. The number of halogens is 2. The highest BCUT2D eigenvalue weighted by Crippen LogP contribution is 2.20. The summed E-state index contributed by atoms with van der Waals surface area (Å²) >= 11 is 12.1. The number of ether oxygens (including phenoxy) is 1. The van der Waals surface area contributed by atoms with Gasteiger partial charge in [-0.25, -0.2) is 9.97 Å². The van der Waals surface area contributed by atoms with Crippen molar-refractivity contribution >= 4 is 23.2 Å². The summed E-state index contributed by atoms with van der Waals surface area (Å²) in [6.45, 7) is 1.18. The third kappa shape index (κ3) is 4.74. The van der Waals surface area contributed by atoms with E-state index in [0.29, 0.717) is 34.7 Å². The molecule has 3 aromatic rings. The van der Waals surface area contributed by atoms with Crippen LogP contribution in [0.1, 0.15) is 23.1 Å². The van der Waals surface area contributed by atoms with Crippen molar-refractivity contribution in [1.29, 1.82) is 0 Å². The number of benzene rings is 1. The zero-order valence-electron chi connectivity index (χ0n) is 14.0. The number of hydrogen-bond acceptors (Lipinski definition) is 5.